The molecule has 0 aliphatic heterocycles. The number of carbonyl (C=O) groups is 2. The molecule has 3 aromatic rings. The molecule has 1 amide bonds. The number of nitrogens with zero attached hydrogens (tertiary/aromatic N) is 3. The van der Waals surface area contributed by atoms with Crippen LogP contribution in [0.4, 0.5) is 23.0 Å². The molecule has 6 N–H and O–H groups in total. The average molecular weight is 552 g/mol. The number of nitrogens with one attached hydrogen (secondary N) is 3. The van der Waals surface area contributed by atoms with E-state index in [9.17, 15) is 9.59 Å². The molecule has 1 atom stereocenters. The van der Waals surface area contributed by atoms with E-state index in [0.717, 1.165) is 36.3 Å². The standard InChI is InChI=1S/C27H35N7O4.C2H6/c1-34(2)13-4-3-8-23(28)27(37)29-16-19-6-5-7-21(14-19)33-25-15-24(30-18-31-25)32-20-9-11-22(12-10-20)38-17-26(35)36;1-2/h5-7,9-12,14-15,18,23H,3-4,8,13,16-17,28H2,1-2H3,(H,29,37)(H,35,36)(H2,30,31,32,33);1-2H3/t23-;/m0./s1. The average Bonchev–Trinajstić information content (AvgIpc) is 2.95. The maximum absolute atomic E-state index is 12.4. The molecule has 0 saturated carbocycles. The number of carboxylic acid groups (broad SMARTS) is 1. The summed E-state index contributed by atoms with van der Waals surface area (Å²) in [7, 11) is 4.06. The molecule has 0 aliphatic rings. The minimum atomic E-state index is -1.03. The Morgan fingerprint density at radius 1 is 0.975 bits per heavy atom. The van der Waals surface area contributed by atoms with E-state index in [4.69, 9.17) is 15.6 Å². The van der Waals surface area contributed by atoms with Crippen LogP contribution in [0.1, 0.15) is 38.7 Å². The number of hydrogen-bond donors (Lipinski definition) is 5. The molecule has 216 valence electrons. The second-order valence-corrected chi connectivity index (χ2v) is 9.07. The molecule has 3 rings (SSSR count). The molecule has 0 unspecified atom stereocenters. The van der Waals surface area contributed by atoms with Crippen LogP contribution in [0, 0.1) is 0 Å². The van der Waals surface area contributed by atoms with Gasteiger partial charge in [0.05, 0.1) is 6.04 Å². The maximum Gasteiger partial charge on any atom is 0.341 e. The highest BCUT2D eigenvalue weighted by atomic mass is 16.5. The van der Waals surface area contributed by atoms with Crippen LogP contribution < -0.4 is 26.4 Å². The van der Waals surface area contributed by atoms with Crippen LogP contribution in [0.25, 0.3) is 0 Å². The number of unbranched alkanes of at least 4 members (excludes halogenated alkanes) is 1. The first-order valence-electron chi connectivity index (χ1n) is 13.4. The third kappa shape index (κ3) is 12.1. The largest absolute Gasteiger partial charge is 0.482 e. The van der Waals surface area contributed by atoms with Crippen LogP contribution in [0.3, 0.4) is 0 Å². The third-order valence-electron chi connectivity index (χ3n) is 5.53. The van der Waals surface area contributed by atoms with Crippen molar-refractivity contribution >= 4 is 34.9 Å². The predicted octanol–water partition coefficient (Wildman–Crippen LogP) is 4.13. The molecule has 0 spiro atoms. The molecule has 2 aromatic carbocycles. The van der Waals surface area contributed by atoms with Crippen LogP contribution in [0.15, 0.2) is 60.9 Å². The fraction of sp³-hybridized carbons (Fsp3) is 0.379. The number of nitrogens with two attached hydrogens (primary N) is 1. The summed E-state index contributed by atoms with van der Waals surface area (Å²) in [5.41, 5.74) is 8.55. The van der Waals surface area contributed by atoms with E-state index in [2.05, 4.69) is 30.8 Å². The minimum absolute atomic E-state index is 0.152. The lowest BCUT2D eigenvalue weighted by atomic mass is 10.1. The van der Waals surface area contributed by atoms with Crippen LogP contribution >= 0.6 is 0 Å². The number of rotatable bonds is 15. The summed E-state index contributed by atoms with van der Waals surface area (Å²) in [5.74, 6) is 0.436. The Bertz CT molecular complexity index is 1190. The summed E-state index contributed by atoms with van der Waals surface area (Å²) in [4.78, 5) is 33.6. The van der Waals surface area contributed by atoms with Crippen LogP contribution in [-0.4, -0.2) is 65.1 Å². The molecular weight excluding hydrogens is 510 g/mol. The van der Waals surface area contributed by atoms with Gasteiger partial charge in [0.25, 0.3) is 0 Å². The maximum atomic E-state index is 12.4. The Kier molecular flexibility index (Phi) is 13.9. The Hall–Kier alpha value is -4.22. The highest BCUT2D eigenvalue weighted by molar-refractivity contribution is 5.81. The predicted molar refractivity (Wildman–Crippen MR) is 158 cm³/mol. The zero-order chi connectivity index (χ0) is 29.3. The van der Waals surface area contributed by atoms with Gasteiger partial charge in [-0.3, -0.25) is 4.79 Å². The van der Waals surface area contributed by atoms with Crippen LogP contribution in [-0.2, 0) is 16.1 Å². The van der Waals surface area contributed by atoms with E-state index in [1.807, 2.05) is 52.2 Å². The number of hydrogen-bond acceptors (Lipinski definition) is 9. The Balaban J connectivity index is 0.00000274. The molecule has 0 bridgehead atoms. The number of aromatic nitrogens is 2. The van der Waals surface area contributed by atoms with E-state index in [1.54, 1.807) is 30.3 Å². The van der Waals surface area contributed by atoms with Gasteiger partial charge in [0, 0.05) is 24.0 Å². The van der Waals surface area contributed by atoms with Gasteiger partial charge in [-0.25, -0.2) is 14.8 Å². The summed E-state index contributed by atoms with van der Waals surface area (Å²) in [6.07, 6.45) is 4.03. The summed E-state index contributed by atoms with van der Waals surface area (Å²) in [6.45, 7) is 4.96. The summed E-state index contributed by atoms with van der Waals surface area (Å²) in [5, 5.41) is 18.1. The molecule has 0 fully saturated rings. The van der Waals surface area contributed by atoms with Gasteiger partial charge in [-0.2, -0.15) is 0 Å². The molecule has 1 heterocycles. The van der Waals surface area contributed by atoms with Gasteiger partial charge in [0.15, 0.2) is 6.61 Å². The lowest BCUT2D eigenvalue weighted by Crippen LogP contribution is -2.40. The second kappa shape index (κ2) is 17.4. The topological polar surface area (TPSA) is 155 Å². The lowest BCUT2D eigenvalue weighted by Gasteiger charge is -2.14. The first-order valence-corrected chi connectivity index (χ1v) is 13.4. The van der Waals surface area contributed by atoms with E-state index < -0.39 is 18.6 Å². The number of anilines is 4. The zero-order valence-electron chi connectivity index (χ0n) is 23.7. The molecule has 0 radical (unpaired) electrons. The fourth-order valence-corrected chi connectivity index (χ4v) is 3.57. The van der Waals surface area contributed by atoms with Crippen molar-refractivity contribution in [1.82, 2.24) is 20.2 Å². The number of amides is 1. The smallest absolute Gasteiger partial charge is 0.341 e. The Labute approximate surface area is 236 Å². The van der Waals surface area contributed by atoms with Gasteiger partial charge >= 0.3 is 5.97 Å². The van der Waals surface area contributed by atoms with Crippen molar-refractivity contribution in [3.8, 4) is 5.75 Å². The quantitative estimate of drug-likeness (QED) is 0.174. The highest BCUT2D eigenvalue weighted by Crippen LogP contribution is 2.22. The van der Waals surface area contributed by atoms with Crippen LogP contribution in [0.5, 0.6) is 5.75 Å². The van der Waals surface area contributed by atoms with Gasteiger partial charge in [0.1, 0.15) is 23.7 Å². The fourth-order valence-electron chi connectivity index (χ4n) is 3.57. The van der Waals surface area contributed by atoms with E-state index in [-0.39, 0.29) is 5.91 Å². The molecule has 11 heteroatoms. The first kappa shape index (κ1) is 32.0. The van der Waals surface area contributed by atoms with Gasteiger partial charge in [-0.15, -0.1) is 0 Å². The number of carbonyl (C=O) groups excluding carboxylic acids is 1. The van der Waals surface area contributed by atoms with Gasteiger partial charge in [-0.05, 0) is 75.4 Å². The van der Waals surface area contributed by atoms with E-state index >= 15 is 0 Å². The SMILES string of the molecule is CC.CN(C)CCCC[C@H](N)C(=O)NCc1cccc(Nc2cc(Nc3ccc(OCC(=O)O)cc3)ncn2)c1. The Morgan fingerprint density at radius 3 is 2.30 bits per heavy atom. The minimum Gasteiger partial charge on any atom is -0.482 e. The van der Waals surface area contributed by atoms with Crippen molar-refractivity contribution in [3.63, 3.8) is 0 Å². The van der Waals surface area contributed by atoms with E-state index in [1.165, 1.54) is 6.33 Å². The zero-order valence-corrected chi connectivity index (χ0v) is 23.7. The van der Waals surface area contributed by atoms with Crippen molar-refractivity contribution in [1.29, 1.82) is 0 Å². The summed E-state index contributed by atoms with van der Waals surface area (Å²) < 4.78 is 5.14. The highest BCUT2D eigenvalue weighted by Gasteiger charge is 2.13. The molecule has 0 aliphatic carbocycles. The van der Waals surface area contributed by atoms with Crippen molar-refractivity contribution in [2.45, 2.75) is 45.7 Å². The molecular formula is C29H41N7O4. The van der Waals surface area contributed by atoms with Crippen molar-refractivity contribution < 1.29 is 19.4 Å². The lowest BCUT2D eigenvalue weighted by molar-refractivity contribution is -0.139. The van der Waals surface area contributed by atoms with Crippen molar-refractivity contribution in [2.75, 3.05) is 37.9 Å². The van der Waals surface area contributed by atoms with Gasteiger partial charge in [-0.1, -0.05) is 32.4 Å². The molecule has 40 heavy (non-hydrogen) atoms. The van der Waals surface area contributed by atoms with Crippen molar-refractivity contribution in [3.05, 3.63) is 66.5 Å². The van der Waals surface area contributed by atoms with Crippen LogP contribution in [0.2, 0.25) is 0 Å². The third-order valence-corrected chi connectivity index (χ3v) is 5.53. The number of ether oxygens (including phenoxy) is 1. The van der Waals surface area contributed by atoms with E-state index in [0.29, 0.717) is 30.4 Å². The monoisotopic (exact) mass is 551 g/mol. The molecule has 11 nitrogen and oxygen atoms in total. The normalized spacial score (nSPS) is 11.2. The molecule has 1 aromatic heterocycles. The summed E-state index contributed by atoms with van der Waals surface area (Å²) >= 11 is 0. The number of carboxylic acids is 1. The molecule has 0 saturated heterocycles. The summed E-state index contributed by atoms with van der Waals surface area (Å²) in [6, 6.07) is 15.8. The van der Waals surface area contributed by atoms with Gasteiger partial charge in [0.2, 0.25) is 5.91 Å². The number of benzene rings is 2. The van der Waals surface area contributed by atoms with Gasteiger partial charge < -0.3 is 36.4 Å². The Morgan fingerprint density at radius 2 is 1.65 bits per heavy atom. The first-order chi connectivity index (χ1) is 19.3. The second-order valence-electron chi connectivity index (χ2n) is 9.07. The number of aliphatic carboxylic acids is 1. The van der Waals surface area contributed by atoms with Crippen molar-refractivity contribution in [2.24, 2.45) is 5.73 Å².